The monoisotopic (exact) mass is 253 g/mol. The van der Waals surface area contributed by atoms with Crippen molar-refractivity contribution in [2.75, 3.05) is 19.6 Å². The zero-order valence-corrected chi connectivity index (χ0v) is 10.1. The van der Waals surface area contributed by atoms with Gasteiger partial charge >= 0.3 is 6.03 Å². The Balaban J connectivity index is 2.30. The first-order chi connectivity index (χ1) is 8.65. The van der Waals surface area contributed by atoms with Crippen molar-refractivity contribution >= 4 is 11.9 Å². The van der Waals surface area contributed by atoms with Crippen molar-refractivity contribution in [3.63, 3.8) is 0 Å². The van der Waals surface area contributed by atoms with Crippen LogP contribution in [0.4, 0.5) is 9.18 Å². The highest BCUT2D eigenvalue weighted by atomic mass is 19.1. The summed E-state index contributed by atoms with van der Waals surface area (Å²) in [6, 6.07) is 5.44. The summed E-state index contributed by atoms with van der Waals surface area (Å²) in [5.74, 6) is -1.06. The fourth-order valence-corrected chi connectivity index (χ4v) is 1.32. The second-order valence-electron chi connectivity index (χ2n) is 3.52. The molecule has 0 saturated heterocycles. The van der Waals surface area contributed by atoms with E-state index in [1.165, 1.54) is 18.2 Å². The van der Waals surface area contributed by atoms with E-state index in [1.54, 1.807) is 13.0 Å². The van der Waals surface area contributed by atoms with E-state index in [-0.39, 0.29) is 24.7 Å². The summed E-state index contributed by atoms with van der Waals surface area (Å²) >= 11 is 0. The van der Waals surface area contributed by atoms with Crippen LogP contribution in [0.5, 0.6) is 0 Å². The Kier molecular flexibility index (Phi) is 5.63. The van der Waals surface area contributed by atoms with Gasteiger partial charge in [-0.1, -0.05) is 12.1 Å². The summed E-state index contributed by atoms with van der Waals surface area (Å²) in [6.45, 7) is 2.86. The summed E-state index contributed by atoms with van der Waals surface area (Å²) < 4.78 is 13.2. The van der Waals surface area contributed by atoms with Gasteiger partial charge in [0.2, 0.25) is 0 Å². The van der Waals surface area contributed by atoms with Gasteiger partial charge in [-0.15, -0.1) is 0 Å². The minimum Gasteiger partial charge on any atom is -0.350 e. The molecule has 18 heavy (non-hydrogen) atoms. The van der Waals surface area contributed by atoms with Gasteiger partial charge in [0, 0.05) is 19.6 Å². The Morgan fingerprint density at radius 1 is 1.11 bits per heavy atom. The average molecular weight is 253 g/mol. The van der Waals surface area contributed by atoms with Crippen molar-refractivity contribution < 1.29 is 14.0 Å². The molecule has 5 nitrogen and oxygen atoms in total. The van der Waals surface area contributed by atoms with Gasteiger partial charge in [0.15, 0.2) is 0 Å². The van der Waals surface area contributed by atoms with Gasteiger partial charge in [-0.05, 0) is 19.1 Å². The van der Waals surface area contributed by atoms with E-state index in [0.29, 0.717) is 6.54 Å². The first kappa shape index (κ1) is 14.0. The van der Waals surface area contributed by atoms with Gasteiger partial charge in [0.1, 0.15) is 5.82 Å². The standard InChI is InChI=1S/C12H16FN3O2/c1-2-14-12(18)16-8-7-15-11(17)9-5-3-4-6-10(9)13/h3-6H,2,7-8H2,1H3,(H,15,17)(H2,14,16,18). The summed E-state index contributed by atoms with van der Waals surface area (Å²) in [5.41, 5.74) is -0.00416. The molecule has 6 heteroatoms. The molecule has 0 aromatic heterocycles. The van der Waals surface area contributed by atoms with Crippen molar-refractivity contribution in [1.82, 2.24) is 16.0 Å². The van der Waals surface area contributed by atoms with Gasteiger partial charge in [-0.3, -0.25) is 4.79 Å². The Labute approximate surface area is 105 Å². The molecule has 0 saturated carbocycles. The molecular weight excluding hydrogens is 237 g/mol. The third-order valence-corrected chi connectivity index (χ3v) is 2.15. The summed E-state index contributed by atoms with van der Waals surface area (Å²) in [7, 11) is 0. The average Bonchev–Trinajstić information content (AvgIpc) is 2.35. The Bertz CT molecular complexity index is 424. The van der Waals surface area contributed by atoms with Crippen LogP contribution in [0.2, 0.25) is 0 Å². The fourth-order valence-electron chi connectivity index (χ4n) is 1.32. The minimum absolute atomic E-state index is 0.00416. The van der Waals surface area contributed by atoms with Gasteiger partial charge in [0.25, 0.3) is 5.91 Å². The molecule has 3 N–H and O–H groups in total. The predicted octanol–water partition coefficient (Wildman–Crippen LogP) is 0.875. The molecule has 0 heterocycles. The molecule has 1 rings (SSSR count). The largest absolute Gasteiger partial charge is 0.350 e. The number of hydrogen-bond donors (Lipinski definition) is 3. The second-order valence-corrected chi connectivity index (χ2v) is 3.52. The highest BCUT2D eigenvalue weighted by Gasteiger charge is 2.09. The lowest BCUT2D eigenvalue weighted by atomic mass is 10.2. The summed E-state index contributed by atoms with van der Waals surface area (Å²) in [6.07, 6.45) is 0. The van der Waals surface area contributed by atoms with Crippen LogP contribution in [0, 0.1) is 5.82 Å². The molecule has 0 aliphatic heterocycles. The SMILES string of the molecule is CCNC(=O)NCCNC(=O)c1ccccc1F. The third kappa shape index (κ3) is 4.40. The van der Waals surface area contributed by atoms with Crippen LogP contribution >= 0.6 is 0 Å². The number of halogens is 1. The quantitative estimate of drug-likeness (QED) is 0.682. The van der Waals surface area contributed by atoms with Crippen molar-refractivity contribution in [1.29, 1.82) is 0 Å². The molecule has 0 spiro atoms. The number of amides is 3. The maximum Gasteiger partial charge on any atom is 0.314 e. The minimum atomic E-state index is -0.563. The van der Waals surface area contributed by atoms with Crippen LogP contribution in [-0.4, -0.2) is 31.6 Å². The predicted molar refractivity (Wildman–Crippen MR) is 65.8 cm³/mol. The van der Waals surface area contributed by atoms with Gasteiger partial charge in [0.05, 0.1) is 5.56 Å². The van der Waals surface area contributed by atoms with E-state index in [2.05, 4.69) is 16.0 Å². The van der Waals surface area contributed by atoms with Crippen LogP contribution in [0.3, 0.4) is 0 Å². The van der Waals surface area contributed by atoms with Crippen molar-refractivity contribution in [2.45, 2.75) is 6.92 Å². The second kappa shape index (κ2) is 7.26. The maximum atomic E-state index is 13.2. The van der Waals surface area contributed by atoms with Crippen LogP contribution in [0.25, 0.3) is 0 Å². The number of carbonyl (C=O) groups is 2. The molecule has 0 aliphatic rings. The third-order valence-electron chi connectivity index (χ3n) is 2.15. The number of urea groups is 1. The molecular formula is C12H16FN3O2. The molecule has 0 aliphatic carbocycles. The van der Waals surface area contributed by atoms with Crippen LogP contribution < -0.4 is 16.0 Å². The molecule has 0 bridgehead atoms. The van der Waals surface area contributed by atoms with Crippen LogP contribution in [0.1, 0.15) is 17.3 Å². The lowest BCUT2D eigenvalue weighted by Gasteiger charge is -2.07. The maximum absolute atomic E-state index is 13.2. The zero-order valence-electron chi connectivity index (χ0n) is 10.1. The van der Waals surface area contributed by atoms with Crippen LogP contribution in [-0.2, 0) is 0 Å². The molecule has 98 valence electrons. The fraction of sp³-hybridized carbons (Fsp3) is 0.333. The van der Waals surface area contributed by atoms with Crippen LogP contribution in [0.15, 0.2) is 24.3 Å². The lowest BCUT2D eigenvalue weighted by Crippen LogP contribution is -2.40. The summed E-state index contributed by atoms with van der Waals surface area (Å²) in [4.78, 5) is 22.6. The number of nitrogens with one attached hydrogen (secondary N) is 3. The first-order valence-corrected chi connectivity index (χ1v) is 5.69. The topological polar surface area (TPSA) is 70.2 Å². The smallest absolute Gasteiger partial charge is 0.314 e. The van der Waals surface area contributed by atoms with Gasteiger partial charge in [-0.25, -0.2) is 9.18 Å². The molecule has 0 fully saturated rings. The molecule has 1 aromatic rings. The van der Waals surface area contributed by atoms with E-state index < -0.39 is 11.7 Å². The normalized spacial score (nSPS) is 9.67. The molecule has 3 amide bonds. The van der Waals surface area contributed by atoms with E-state index in [1.807, 2.05) is 0 Å². The van der Waals surface area contributed by atoms with Gasteiger partial charge in [-0.2, -0.15) is 0 Å². The Hall–Kier alpha value is -2.11. The van der Waals surface area contributed by atoms with Crippen molar-refractivity contribution in [3.8, 4) is 0 Å². The van der Waals surface area contributed by atoms with E-state index >= 15 is 0 Å². The number of rotatable bonds is 5. The van der Waals surface area contributed by atoms with Gasteiger partial charge < -0.3 is 16.0 Å². The number of hydrogen-bond acceptors (Lipinski definition) is 2. The number of carbonyl (C=O) groups excluding carboxylic acids is 2. The summed E-state index contributed by atoms with van der Waals surface area (Å²) in [5, 5.41) is 7.61. The molecule has 0 atom stereocenters. The zero-order chi connectivity index (χ0) is 13.4. The van der Waals surface area contributed by atoms with Crippen molar-refractivity contribution in [3.05, 3.63) is 35.6 Å². The molecule has 1 aromatic carbocycles. The highest BCUT2D eigenvalue weighted by Crippen LogP contribution is 2.05. The highest BCUT2D eigenvalue weighted by molar-refractivity contribution is 5.94. The first-order valence-electron chi connectivity index (χ1n) is 5.69. The number of benzene rings is 1. The van der Waals surface area contributed by atoms with E-state index in [9.17, 15) is 14.0 Å². The molecule has 0 unspecified atom stereocenters. The van der Waals surface area contributed by atoms with E-state index in [4.69, 9.17) is 0 Å². The molecule has 0 radical (unpaired) electrons. The van der Waals surface area contributed by atoms with Crippen molar-refractivity contribution in [2.24, 2.45) is 0 Å². The lowest BCUT2D eigenvalue weighted by molar-refractivity contribution is 0.0950. The Morgan fingerprint density at radius 3 is 2.44 bits per heavy atom. The van der Waals surface area contributed by atoms with E-state index in [0.717, 1.165) is 0 Å². The Morgan fingerprint density at radius 2 is 1.78 bits per heavy atom.